The van der Waals surface area contributed by atoms with E-state index >= 15 is 0 Å². The van der Waals surface area contributed by atoms with Gasteiger partial charge in [0.05, 0.1) is 6.04 Å². The van der Waals surface area contributed by atoms with Crippen LogP contribution in [0.25, 0.3) is 0 Å². The molecular weight excluding hydrogens is 508 g/mol. The lowest BCUT2D eigenvalue weighted by Crippen LogP contribution is -2.49. The summed E-state index contributed by atoms with van der Waals surface area (Å²) in [6, 6.07) is 13.1. The lowest BCUT2D eigenvalue weighted by molar-refractivity contribution is -0.135. The Bertz CT molecular complexity index is 1260. The molecule has 0 aliphatic carbocycles. The van der Waals surface area contributed by atoms with E-state index in [1.807, 2.05) is 11.4 Å². The quantitative estimate of drug-likeness (QED) is 0.393. The van der Waals surface area contributed by atoms with Gasteiger partial charge in [-0.3, -0.25) is 9.59 Å². The molecule has 1 aromatic heterocycles. The van der Waals surface area contributed by atoms with Crippen LogP contribution in [-0.4, -0.2) is 72.4 Å². The Hall–Kier alpha value is -3.30. The summed E-state index contributed by atoms with van der Waals surface area (Å²) in [6.45, 7) is 3.63. The van der Waals surface area contributed by atoms with Gasteiger partial charge in [0.25, 0.3) is 5.91 Å². The fourth-order valence-electron chi connectivity index (χ4n) is 5.16. The zero-order valence-corrected chi connectivity index (χ0v) is 22.0. The zero-order chi connectivity index (χ0) is 26.5. The van der Waals surface area contributed by atoms with Crippen molar-refractivity contribution < 1.29 is 23.1 Å². The number of ether oxygens (including phenoxy) is 1. The summed E-state index contributed by atoms with van der Waals surface area (Å²) in [5.74, 6) is -0.843. The molecule has 2 aliphatic heterocycles. The van der Waals surface area contributed by atoms with Crippen LogP contribution in [0.2, 0.25) is 0 Å². The maximum atomic E-state index is 13.9. The minimum absolute atomic E-state index is 0.101. The van der Waals surface area contributed by atoms with Gasteiger partial charge in [-0.15, -0.1) is 11.3 Å². The number of rotatable bonds is 9. The molecule has 2 aliphatic rings. The molecule has 0 saturated carbocycles. The van der Waals surface area contributed by atoms with Crippen LogP contribution in [0.1, 0.15) is 39.7 Å². The normalized spacial score (nSPS) is 17.3. The maximum absolute atomic E-state index is 13.9. The van der Waals surface area contributed by atoms with Crippen LogP contribution in [0.5, 0.6) is 5.75 Å². The van der Waals surface area contributed by atoms with Gasteiger partial charge >= 0.3 is 0 Å². The second kappa shape index (κ2) is 12.0. The standard InChI is InChI=1S/C29H31F2N3O3S/c30-22-6-8-24(9-7-22)37-20-26-25-11-17-38-27(25)10-14-34(26)28(35)19-33(16-15-32-12-1-2-13-32)29(36)21-4-3-5-23(31)18-21/h3-9,11,17-18,26H,1-2,10,12-16,19-20H2. The number of carbonyl (C=O) groups excluding carboxylic acids is 2. The highest BCUT2D eigenvalue weighted by Crippen LogP contribution is 2.34. The van der Waals surface area contributed by atoms with Crippen LogP contribution in [0.15, 0.2) is 60.0 Å². The van der Waals surface area contributed by atoms with Crippen molar-refractivity contribution in [1.29, 1.82) is 0 Å². The summed E-state index contributed by atoms with van der Waals surface area (Å²) in [5, 5.41) is 2.01. The van der Waals surface area contributed by atoms with Gasteiger partial charge in [-0.25, -0.2) is 8.78 Å². The van der Waals surface area contributed by atoms with Crippen LogP contribution in [0.4, 0.5) is 8.78 Å². The summed E-state index contributed by atoms with van der Waals surface area (Å²) in [7, 11) is 0. The van der Waals surface area contributed by atoms with Crippen LogP contribution < -0.4 is 4.74 Å². The minimum Gasteiger partial charge on any atom is -0.491 e. The SMILES string of the molecule is O=C(c1cccc(F)c1)N(CCN1CCCC1)CC(=O)N1CCc2sccc2C1COc1ccc(F)cc1. The molecule has 1 saturated heterocycles. The summed E-state index contributed by atoms with van der Waals surface area (Å²) >= 11 is 1.66. The number of likely N-dealkylation sites (tertiary alicyclic amines) is 1. The molecule has 6 nitrogen and oxygen atoms in total. The average molecular weight is 540 g/mol. The molecule has 2 amide bonds. The van der Waals surface area contributed by atoms with Gasteiger partial charge in [0.15, 0.2) is 0 Å². The highest BCUT2D eigenvalue weighted by Gasteiger charge is 2.34. The van der Waals surface area contributed by atoms with Gasteiger partial charge in [0, 0.05) is 30.1 Å². The van der Waals surface area contributed by atoms with E-state index in [9.17, 15) is 18.4 Å². The number of fused-ring (bicyclic) bond motifs is 1. The molecule has 3 aromatic rings. The molecule has 0 radical (unpaired) electrons. The molecule has 1 fully saturated rings. The van der Waals surface area contributed by atoms with Gasteiger partial charge in [0.2, 0.25) is 5.91 Å². The van der Waals surface area contributed by atoms with Crippen molar-refractivity contribution in [3.8, 4) is 5.75 Å². The minimum atomic E-state index is -0.485. The van der Waals surface area contributed by atoms with Gasteiger partial charge < -0.3 is 19.4 Å². The van der Waals surface area contributed by atoms with E-state index in [0.717, 1.165) is 37.9 Å². The maximum Gasteiger partial charge on any atom is 0.254 e. The number of nitrogens with zero attached hydrogens (tertiary/aromatic N) is 3. The van der Waals surface area contributed by atoms with Crippen LogP contribution in [-0.2, 0) is 11.2 Å². The molecule has 0 spiro atoms. The Morgan fingerprint density at radius 1 is 1.00 bits per heavy atom. The Balaban J connectivity index is 1.33. The van der Waals surface area contributed by atoms with Crippen LogP contribution >= 0.6 is 11.3 Å². The predicted octanol–water partition coefficient (Wildman–Crippen LogP) is 4.77. The van der Waals surface area contributed by atoms with Crippen LogP contribution in [0, 0.1) is 11.6 Å². The fraction of sp³-hybridized carbons (Fsp3) is 0.379. The molecule has 3 heterocycles. The van der Waals surface area contributed by atoms with Gasteiger partial charge in [-0.2, -0.15) is 0 Å². The summed E-state index contributed by atoms with van der Waals surface area (Å²) < 4.78 is 33.2. The molecule has 38 heavy (non-hydrogen) atoms. The van der Waals surface area contributed by atoms with Crippen molar-refractivity contribution in [2.75, 3.05) is 45.9 Å². The van der Waals surface area contributed by atoms with E-state index in [-0.39, 0.29) is 42.4 Å². The first kappa shape index (κ1) is 26.3. The average Bonchev–Trinajstić information content (AvgIpc) is 3.62. The van der Waals surface area contributed by atoms with E-state index in [1.54, 1.807) is 34.4 Å². The highest BCUT2D eigenvalue weighted by molar-refractivity contribution is 7.10. The first-order chi connectivity index (χ1) is 18.5. The number of hydrogen-bond donors (Lipinski definition) is 0. The highest BCUT2D eigenvalue weighted by atomic mass is 32.1. The van der Waals surface area contributed by atoms with E-state index in [4.69, 9.17) is 4.74 Å². The molecule has 5 rings (SSSR count). The lowest BCUT2D eigenvalue weighted by atomic mass is 10.0. The third-order valence-corrected chi connectivity index (χ3v) is 8.20. The van der Waals surface area contributed by atoms with Gasteiger partial charge in [-0.1, -0.05) is 6.07 Å². The summed E-state index contributed by atoms with van der Waals surface area (Å²) in [6.07, 6.45) is 2.99. The molecule has 0 N–H and O–H groups in total. The summed E-state index contributed by atoms with van der Waals surface area (Å²) in [4.78, 5) is 34.0. The van der Waals surface area contributed by atoms with Crippen molar-refractivity contribution >= 4 is 23.2 Å². The van der Waals surface area contributed by atoms with E-state index in [0.29, 0.717) is 25.4 Å². The number of amides is 2. The molecular formula is C29H31F2N3O3S. The Morgan fingerprint density at radius 2 is 1.79 bits per heavy atom. The summed E-state index contributed by atoms with van der Waals surface area (Å²) in [5.41, 5.74) is 1.27. The molecule has 200 valence electrons. The Morgan fingerprint density at radius 3 is 2.55 bits per heavy atom. The third-order valence-electron chi connectivity index (χ3n) is 7.21. The molecule has 1 unspecified atom stereocenters. The molecule has 2 aromatic carbocycles. The smallest absolute Gasteiger partial charge is 0.254 e. The monoisotopic (exact) mass is 539 g/mol. The van der Waals surface area contributed by atoms with E-state index in [2.05, 4.69) is 4.90 Å². The van der Waals surface area contributed by atoms with Crippen molar-refractivity contribution in [3.63, 3.8) is 0 Å². The second-order valence-electron chi connectivity index (χ2n) is 9.70. The first-order valence-electron chi connectivity index (χ1n) is 13.0. The van der Waals surface area contributed by atoms with Crippen molar-refractivity contribution in [2.24, 2.45) is 0 Å². The molecule has 9 heteroatoms. The Kier molecular flexibility index (Phi) is 8.34. The number of thiophene rings is 1. The van der Waals surface area contributed by atoms with Crippen molar-refractivity contribution in [2.45, 2.75) is 25.3 Å². The first-order valence-corrected chi connectivity index (χ1v) is 13.9. The van der Waals surface area contributed by atoms with Gasteiger partial charge in [-0.05, 0) is 91.8 Å². The lowest BCUT2D eigenvalue weighted by Gasteiger charge is -2.37. The van der Waals surface area contributed by atoms with Gasteiger partial charge in [0.1, 0.15) is 30.5 Å². The van der Waals surface area contributed by atoms with E-state index < -0.39 is 5.82 Å². The zero-order valence-electron chi connectivity index (χ0n) is 21.2. The number of benzene rings is 2. The van der Waals surface area contributed by atoms with Crippen LogP contribution in [0.3, 0.4) is 0 Å². The largest absolute Gasteiger partial charge is 0.491 e. The topological polar surface area (TPSA) is 53.1 Å². The van der Waals surface area contributed by atoms with E-state index in [1.165, 1.54) is 40.1 Å². The Labute approximate surface area is 225 Å². The number of carbonyl (C=O) groups is 2. The fourth-order valence-corrected chi connectivity index (χ4v) is 6.09. The second-order valence-corrected chi connectivity index (χ2v) is 10.7. The van der Waals surface area contributed by atoms with Crippen molar-refractivity contribution in [3.05, 3.63) is 87.6 Å². The number of halogens is 2. The molecule has 0 bridgehead atoms. The number of hydrogen-bond acceptors (Lipinski definition) is 5. The molecule has 1 atom stereocenters. The third kappa shape index (κ3) is 6.22. The van der Waals surface area contributed by atoms with Crippen molar-refractivity contribution in [1.82, 2.24) is 14.7 Å². The predicted molar refractivity (Wildman–Crippen MR) is 142 cm³/mol.